The Bertz CT molecular complexity index is 1530. The molecule has 1 atom stereocenters. The van der Waals surface area contributed by atoms with Crippen molar-refractivity contribution in [1.82, 2.24) is 34.3 Å². The zero-order chi connectivity index (χ0) is 25.5. The van der Waals surface area contributed by atoms with Crippen molar-refractivity contribution in [3.63, 3.8) is 0 Å². The molecule has 1 aliphatic rings. The molecular weight excluding hydrogens is 469 g/mol. The van der Waals surface area contributed by atoms with Gasteiger partial charge in [-0.3, -0.25) is 4.68 Å². The first-order valence-electron chi connectivity index (χ1n) is 12.4. The van der Waals surface area contributed by atoms with Crippen molar-refractivity contribution in [1.29, 1.82) is 0 Å². The number of halogens is 1. The summed E-state index contributed by atoms with van der Waals surface area (Å²) in [4.78, 5) is 18.4. The second-order valence-electron chi connectivity index (χ2n) is 9.51. The third kappa shape index (κ3) is 4.39. The van der Waals surface area contributed by atoms with Gasteiger partial charge in [0.05, 0.1) is 5.69 Å². The van der Waals surface area contributed by atoms with Crippen LogP contribution in [-0.2, 0) is 7.05 Å². The van der Waals surface area contributed by atoms with Crippen LogP contribution < -0.4 is 9.80 Å². The highest BCUT2D eigenvalue weighted by Crippen LogP contribution is 2.29. The number of rotatable bonds is 5. The maximum Gasteiger partial charge on any atom is 0.225 e. The average Bonchev–Trinajstić information content (AvgIpc) is 3.51. The highest BCUT2D eigenvalue weighted by Gasteiger charge is 2.23. The van der Waals surface area contributed by atoms with Gasteiger partial charge in [-0.1, -0.05) is 19.1 Å². The first kappa shape index (κ1) is 23.1. The van der Waals surface area contributed by atoms with Crippen LogP contribution in [0, 0.1) is 12.7 Å². The molecule has 37 heavy (non-hydrogen) atoms. The Balaban J connectivity index is 1.16. The number of piperazine rings is 1. The lowest BCUT2D eigenvalue weighted by Gasteiger charge is -2.35. The van der Waals surface area contributed by atoms with Crippen molar-refractivity contribution in [2.45, 2.75) is 19.8 Å². The summed E-state index contributed by atoms with van der Waals surface area (Å²) in [6.07, 6.45) is 9.42. The fourth-order valence-electron chi connectivity index (χ4n) is 4.97. The molecule has 0 aliphatic carbocycles. The van der Waals surface area contributed by atoms with Gasteiger partial charge in [0.1, 0.15) is 17.7 Å². The van der Waals surface area contributed by atoms with E-state index in [4.69, 9.17) is 0 Å². The summed E-state index contributed by atoms with van der Waals surface area (Å²) < 4.78 is 17.0. The molecule has 1 unspecified atom stereocenters. The van der Waals surface area contributed by atoms with Crippen LogP contribution in [-0.4, -0.2) is 60.5 Å². The van der Waals surface area contributed by atoms with Gasteiger partial charge in [0, 0.05) is 75.1 Å². The van der Waals surface area contributed by atoms with Gasteiger partial charge >= 0.3 is 0 Å². The lowest BCUT2D eigenvalue weighted by atomic mass is 9.95. The van der Waals surface area contributed by atoms with E-state index in [9.17, 15) is 4.39 Å². The number of hydrogen-bond acceptors (Lipinski definition) is 7. The van der Waals surface area contributed by atoms with Crippen LogP contribution >= 0.6 is 0 Å². The van der Waals surface area contributed by atoms with Crippen molar-refractivity contribution < 1.29 is 4.39 Å². The molecule has 1 saturated heterocycles. The van der Waals surface area contributed by atoms with E-state index in [0.717, 1.165) is 71.4 Å². The molecule has 188 valence electrons. The minimum Gasteiger partial charge on any atom is -0.351 e. The normalized spacial score (nSPS) is 14.9. The number of nitrogens with zero attached hydrogens (tertiary/aromatic N) is 9. The average molecular weight is 498 g/mol. The van der Waals surface area contributed by atoms with Crippen LogP contribution in [0.2, 0.25) is 0 Å². The van der Waals surface area contributed by atoms with Crippen LogP contribution in [0.3, 0.4) is 0 Å². The molecule has 0 saturated carbocycles. The molecule has 0 spiro atoms. The van der Waals surface area contributed by atoms with Gasteiger partial charge in [0.2, 0.25) is 5.95 Å². The molecular formula is C27H28FN9. The van der Waals surface area contributed by atoms with Gasteiger partial charge in [-0.25, -0.2) is 23.9 Å². The fraction of sp³-hybridized carbons (Fsp3) is 0.296. The molecule has 6 rings (SSSR count). The van der Waals surface area contributed by atoms with E-state index >= 15 is 0 Å². The molecule has 0 amide bonds. The zero-order valence-corrected chi connectivity index (χ0v) is 21.1. The standard InChI is InChI=1S/C27H28FN9/c1-18(20-4-6-23(28)7-5-20)22-13-29-27(30-14-22)36-10-8-35(9-11-36)26-25-12-21(15-37(25)32-17-31-26)24-16-34(3)33-19(24)2/h4-7,12-18H,8-11H2,1-3H3. The van der Waals surface area contributed by atoms with Crippen molar-refractivity contribution in [2.24, 2.45) is 7.05 Å². The highest BCUT2D eigenvalue weighted by molar-refractivity contribution is 5.78. The Kier molecular flexibility index (Phi) is 5.78. The minimum atomic E-state index is -0.231. The molecule has 1 fully saturated rings. The maximum atomic E-state index is 13.3. The smallest absolute Gasteiger partial charge is 0.225 e. The van der Waals surface area contributed by atoms with Gasteiger partial charge in [0.15, 0.2) is 5.82 Å². The summed E-state index contributed by atoms with van der Waals surface area (Å²) in [5.41, 5.74) is 6.18. The van der Waals surface area contributed by atoms with Crippen LogP contribution in [0.5, 0.6) is 0 Å². The molecule has 1 aromatic carbocycles. The second-order valence-corrected chi connectivity index (χ2v) is 9.51. The Hall–Kier alpha value is -4.34. The monoisotopic (exact) mass is 497 g/mol. The number of hydrogen-bond donors (Lipinski definition) is 0. The van der Waals surface area contributed by atoms with Crippen LogP contribution in [0.25, 0.3) is 16.6 Å². The Labute approximate surface area is 214 Å². The predicted octanol–water partition coefficient (Wildman–Crippen LogP) is 3.85. The Morgan fingerprint density at radius 2 is 1.59 bits per heavy atom. The van der Waals surface area contributed by atoms with Gasteiger partial charge in [0.25, 0.3) is 0 Å². The van der Waals surface area contributed by atoms with Crippen molar-refractivity contribution >= 4 is 17.3 Å². The van der Waals surface area contributed by atoms with Crippen LogP contribution in [0.1, 0.15) is 29.7 Å². The Morgan fingerprint density at radius 3 is 2.27 bits per heavy atom. The number of benzene rings is 1. The van der Waals surface area contributed by atoms with Crippen LogP contribution in [0.4, 0.5) is 16.2 Å². The summed E-state index contributed by atoms with van der Waals surface area (Å²) in [7, 11) is 1.93. The summed E-state index contributed by atoms with van der Waals surface area (Å²) in [5.74, 6) is 1.51. The van der Waals surface area contributed by atoms with Gasteiger partial charge in [-0.15, -0.1) is 0 Å². The number of anilines is 2. The van der Waals surface area contributed by atoms with E-state index in [1.807, 2.05) is 60.1 Å². The highest BCUT2D eigenvalue weighted by atomic mass is 19.1. The molecule has 0 N–H and O–H groups in total. The summed E-state index contributed by atoms with van der Waals surface area (Å²) in [6, 6.07) is 8.73. The zero-order valence-electron chi connectivity index (χ0n) is 21.1. The van der Waals surface area contributed by atoms with Crippen molar-refractivity contribution in [3.05, 3.63) is 84.1 Å². The quantitative estimate of drug-likeness (QED) is 0.365. The summed E-state index contributed by atoms with van der Waals surface area (Å²) in [5, 5.41) is 8.90. The number of aryl methyl sites for hydroxylation is 2. The van der Waals surface area contributed by atoms with Gasteiger partial charge in [-0.2, -0.15) is 10.2 Å². The molecule has 4 aromatic heterocycles. The lowest BCUT2D eigenvalue weighted by molar-refractivity contribution is 0.626. The van der Waals surface area contributed by atoms with Crippen molar-refractivity contribution in [3.8, 4) is 11.1 Å². The third-order valence-corrected chi connectivity index (χ3v) is 7.10. The van der Waals surface area contributed by atoms with E-state index in [1.54, 1.807) is 6.33 Å². The van der Waals surface area contributed by atoms with Gasteiger partial charge < -0.3 is 9.80 Å². The van der Waals surface area contributed by atoms with E-state index in [-0.39, 0.29) is 11.7 Å². The van der Waals surface area contributed by atoms with E-state index in [2.05, 4.69) is 47.9 Å². The molecule has 5 heterocycles. The fourth-order valence-corrected chi connectivity index (χ4v) is 4.97. The van der Waals surface area contributed by atoms with Crippen molar-refractivity contribution in [2.75, 3.05) is 36.0 Å². The number of fused-ring (bicyclic) bond motifs is 1. The summed E-state index contributed by atoms with van der Waals surface area (Å²) >= 11 is 0. The van der Waals surface area contributed by atoms with Gasteiger partial charge in [-0.05, 0) is 36.2 Å². The van der Waals surface area contributed by atoms with E-state index < -0.39 is 0 Å². The Morgan fingerprint density at radius 1 is 0.892 bits per heavy atom. The summed E-state index contributed by atoms with van der Waals surface area (Å²) in [6.45, 7) is 7.28. The largest absolute Gasteiger partial charge is 0.351 e. The molecule has 1 aliphatic heterocycles. The van der Waals surface area contributed by atoms with Crippen LogP contribution in [0.15, 0.2) is 61.4 Å². The van der Waals surface area contributed by atoms with E-state index in [0.29, 0.717) is 0 Å². The van der Waals surface area contributed by atoms with E-state index in [1.165, 1.54) is 12.1 Å². The minimum absolute atomic E-state index is 0.0917. The molecule has 0 radical (unpaired) electrons. The number of aromatic nitrogens is 7. The topological polar surface area (TPSA) is 80.3 Å². The molecule has 10 heteroatoms. The predicted molar refractivity (Wildman–Crippen MR) is 140 cm³/mol. The lowest BCUT2D eigenvalue weighted by Crippen LogP contribution is -2.47. The first-order valence-corrected chi connectivity index (χ1v) is 12.4. The SMILES string of the molecule is Cc1nn(C)cc1-c1cc2c(N3CCN(c4ncc(C(C)c5ccc(F)cc5)cn4)CC3)ncnn2c1. The maximum absolute atomic E-state index is 13.3. The molecule has 5 aromatic rings. The third-order valence-electron chi connectivity index (χ3n) is 7.10. The molecule has 9 nitrogen and oxygen atoms in total. The first-order chi connectivity index (χ1) is 18.0. The second kappa shape index (κ2) is 9.27. The molecule has 0 bridgehead atoms.